The van der Waals surface area contributed by atoms with Gasteiger partial charge in [0.25, 0.3) is 0 Å². The molecule has 3 atom stereocenters. The molecule has 0 aliphatic rings. The summed E-state index contributed by atoms with van der Waals surface area (Å²) >= 11 is 0. The predicted octanol–water partition coefficient (Wildman–Crippen LogP) is 1.49. The highest BCUT2D eigenvalue weighted by Crippen LogP contribution is 2.10. The Hall–Kier alpha value is -2.44. The standard InChI is InChI=1S/C17H23FN2O4/c1-4-10(2)15(17(23)24)20-16(22)14(19-11(3)21)9-12-6-5-7-13(18)8-12/h5-8,10,14-15H,4,9H2,1-3H3,(H,19,21)(H,20,22)(H,23,24)/t10-,14-,15+/m1/s1. The Balaban J connectivity index is 2.91. The summed E-state index contributed by atoms with van der Waals surface area (Å²) in [6.45, 7) is 4.80. The zero-order chi connectivity index (χ0) is 18.3. The van der Waals surface area contributed by atoms with E-state index in [1.807, 2.05) is 6.92 Å². The van der Waals surface area contributed by atoms with Crippen molar-refractivity contribution in [2.75, 3.05) is 0 Å². The number of aliphatic carboxylic acids is 1. The van der Waals surface area contributed by atoms with E-state index < -0.39 is 35.7 Å². The second-order valence-electron chi connectivity index (χ2n) is 5.80. The van der Waals surface area contributed by atoms with Gasteiger partial charge in [0.15, 0.2) is 0 Å². The Morgan fingerprint density at radius 3 is 2.42 bits per heavy atom. The smallest absolute Gasteiger partial charge is 0.326 e. The summed E-state index contributed by atoms with van der Waals surface area (Å²) in [6.07, 6.45) is 0.641. The largest absolute Gasteiger partial charge is 0.480 e. The quantitative estimate of drug-likeness (QED) is 0.669. The number of nitrogens with one attached hydrogen (secondary N) is 2. The Morgan fingerprint density at radius 1 is 1.25 bits per heavy atom. The number of carboxylic acid groups (broad SMARTS) is 1. The van der Waals surface area contributed by atoms with E-state index in [1.165, 1.54) is 25.1 Å². The van der Waals surface area contributed by atoms with Gasteiger partial charge in [-0.2, -0.15) is 0 Å². The minimum atomic E-state index is -1.13. The van der Waals surface area contributed by atoms with Crippen molar-refractivity contribution in [3.05, 3.63) is 35.6 Å². The number of carboxylic acids is 1. The Morgan fingerprint density at radius 2 is 1.92 bits per heavy atom. The normalized spacial score (nSPS) is 14.3. The van der Waals surface area contributed by atoms with E-state index in [0.29, 0.717) is 12.0 Å². The second kappa shape index (κ2) is 9.00. The lowest BCUT2D eigenvalue weighted by Gasteiger charge is -2.24. The summed E-state index contributed by atoms with van der Waals surface area (Å²) in [4.78, 5) is 35.1. The zero-order valence-corrected chi connectivity index (χ0v) is 14.0. The van der Waals surface area contributed by atoms with Crippen LogP contribution in [0.15, 0.2) is 24.3 Å². The number of hydrogen-bond acceptors (Lipinski definition) is 3. The lowest BCUT2D eigenvalue weighted by atomic mass is 9.98. The van der Waals surface area contributed by atoms with Gasteiger partial charge in [-0.05, 0) is 23.6 Å². The lowest BCUT2D eigenvalue weighted by molar-refractivity contribution is -0.143. The molecule has 0 bridgehead atoms. The van der Waals surface area contributed by atoms with Crippen LogP contribution in [-0.2, 0) is 20.8 Å². The van der Waals surface area contributed by atoms with Crippen molar-refractivity contribution in [1.29, 1.82) is 0 Å². The van der Waals surface area contributed by atoms with Crippen LogP contribution in [0.5, 0.6) is 0 Å². The summed E-state index contributed by atoms with van der Waals surface area (Å²) < 4.78 is 13.3. The van der Waals surface area contributed by atoms with E-state index in [0.717, 1.165) is 0 Å². The van der Waals surface area contributed by atoms with Crippen molar-refractivity contribution in [1.82, 2.24) is 10.6 Å². The maximum Gasteiger partial charge on any atom is 0.326 e. The minimum Gasteiger partial charge on any atom is -0.480 e. The van der Waals surface area contributed by atoms with Crippen LogP contribution in [0, 0.1) is 11.7 Å². The van der Waals surface area contributed by atoms with Gasteiger partial charge in [0.2, 0.25) is 11.8 Å². The average molecular weight is 338 g/mol. The third kappa shape index (κ3) is 5.98. The molecule has 2 amide bonds. The van der Waals surface area contributed by atoms with Gasteiger partial charge in [-0.1, -0.05) is 32.4 Å². The highest BCUT2D eigenvalue weighted by molar-refractivity contribution is 5.90. The van der Waals surface area contributed by atoms with Crippen LogP contribution in [-0.4, -0.2) is 35.0 Å². The van der Waals surface area contributed by atoms with Crippen molar-refractivity contribution in [2.24, 2.45) is 5.92 Å². The molecule has 132 valence electrons. The number of carbonyl (C=O) groups is 3. The highest BCUT2D eigenvalue weighted by atomic mass is 19.1. The molecule has 1 aromatic rings. The maximum atomic E-state index is 13.3. The first-order valence-electron chi connectivity index (χ1n) is 7.79. The van der Waals surface area contributed by atoms with Crippen LogP contribution >= 0.6 is 0 Å². The molecule has 0 radical (unpaired) electrons. The molecule has 0 unspecified atom stereocenters. The minimum absolute atomic E-state index is 0.0655. The number of carbonyl (C=O) groups excluding carboxylic acids is 2. The second-order valence-corrected chi connectivity index (χ2v) is 5.80. The SMILES string of the molecule is CC[C@@H](C)[C@H](NC(=O)[C@@H](Cc1cccc(F)c1)NC(C)=O)C(=O)O. The summed E-state index contributed by atoms with van der Waals surface area (Å²) in [5.74, 6) is -2.88. The molecule has 1 rings (SSSR count). The number of halogens is 1. The number of hydrogen-bond donors (Lipinski definition) is 3. The number of amides is 2. The maximum absolute atomic E-state index is 13.3. The van der Waals surface area contributed by atoms with Crippen LogP contribution < -0.4 is 10.6 Å². The molecule has 3 N–H and O–H groups in total. The first kappa shape index (κ1) is 19.6. The van der Waals surface area contributed by atoms with Gasteiger partial charge < -0.3 is 15.7 Å². The molecule has 7 heteroatoms. The Kier molecular flexibility index (Phi) is 7.35. The molecular formula is C17H23FN2O4. The topological polar surface area (TPSA) is 95.5 Å². The van der Waals surface area contributed by atoms with Gasteiger partial charge in [-0.3, -0.25) is 9.59 Å². The molecule has 0 heterocycles. The van der Waals surface area contributed by atoms with Gasteiger partial charge in [-0.25, -0.2) is 9.18 Å². The fourth-order valence-electron chi connectivity index (χ4n) is 2.29. The van der Waals surface area contributed by atoms with E-state index in [2.05, 4.69) is 10.6 Å². The van der Waals surface area contributed by atoms with E-state index >= 15 is 0 Å². The molecule has 0 aliphatic heterocycles. The first-order valence-corrected chi connectivity index (χ1v) is 7.79. The molecule has 0 saturated carbocycles. The first-order chi connectivity index (χ1) is 11.2. The molecule has 0 spiro atoms. The van der Waals surface area contributed by atoms with Crippen LogP contribution in [0.1, 0.15) is 32.8 Å². The molecule has 6 nitrogen and oxygen atoms in total. The number of benzene rings is 1. The summed E-state index contributed by atoms with van der Waals surface area (Å²) in [5, 5.41) is 14.2. The Labute approximate surface area is 140 Å². The van der Waals surface area contributed by atoms with Crippen molar-refractivity contribution in [3.63, 3.8) is 0 Å². The third-order valence-corrected chi connectivity index (χ3v) is 3.80. The van der Waals surface area contributed by atoms with Gasteiger partial charge in [-0.15, -0.1) is 0 Å². The molecule has 0 aliphatic carbocycles. The summed E-state index contributed by atoms with van der Waals surface area (Å²) in [7, 11) is 0. The molecular weight excluding hydrogens is 315 g/mol. The average Bonchev–Trinajstić information content (AvgIpc) is 2.50. The summed E-state index contributed by atoms with van der Waals surface area (Å²) in [5.41, 5.74) is 0.527. The van der Waals surface area contributed by atoms with Crippen LogP contribution in [0.25, 0.3) is 0 Å². The zero-order valence-electron chi connectivity index (χ0n) is 14.0. The monoisotopic (exact) mass is 338 g/mol. The molecule has 0 fully saturated rings. The third-order valence-electron chi connectivity index (χ3n) is 3.80. The molecule has 0 aromatic heterocycles. The van der Waals surface area contributed by atoms with E-state index in [4.69, 9.17) is 0 Å². The molecule has 0 saturated heterocycles. The van der Waals surface area contributed by atoms with Gasteiger partial charge >= 0.3 is 5.97 Å². The van der Waals surface area contributed by atoms with E-state index in [9.17, 15) is 23.9 Å². The fraction of sp³-hybridized carbons (Fsp3) is 0.471. The Bertz CT molecular complexity index is 606. The van der Waals surface area contributed by atoms with Crippen LogP contribution in [0.4, 0.5) is 4.39 Å². The van der Waals surface area contributed by atoms with Crippen molar-refractivity contribution in [2.45, 2.75) is 45.7 Å². The van der Waals surface area contributed by atoms with Crippen LogP contribution in [0.3, 0.4) is 0 Å². The van der Waals surface area contributed by atoms with Gasteiger partial charge in [0.05, 0.1) is 0 Å². The van der Waals surface area contributed by atoms with Crippen molar-refractivity contribution < 1.29 is 23.9 Å². The summed E-state index contributed by atoms with van der Waals surface area (Å²) in [6, 6.07) is 3.66. The van der Waals surface area contributed by atoms with Crippen LogP contribution in [0.2, 0.25) is 0 Å². The van der Waals surface area contributed by atoms with Gasteiger partial charge in [0.1, 0.15) is 17.9 Å². The van der Waals surface area contributed by atoms with Gasteiger partial charge in [0, 0.05) is 13.3 Å². The predicted molar refractivity (Wildman–Crippen MR) is 86.7 cm³/mol. The molecule has 1 aromatic carbocycles. The van der Waals surface area contributed by atoms with Crippen molar-refractivity contribution >= 4 is 17.8 Å². The van der Waals surface area contributed by atoms with E-state index in [1.54, 1.807) is 13.0 Å². The fourth-order valence-corrected chi connectivity index (χ4v) is 2.29. The van der Waals surface area contributed by atoms with E-state index in [-0.39, 0.29) is 12.3 Å². The lowest BCUT2D eigenvalue weighted by Crippen LogP contribution is -2.53. The van der Waals surface area contributed by atoms with Crippen molar-refractivity contribution in [3.8, 4) is 0 Å². The number of rotatable bonds is 8. The highest BCUT2D eigenvalue weighted by Gasteiger charge is 2.29. The molecule has 24 heavy (non-hydrogen) atoms.